The van der Waals surface area contributed by atoms with Crippen molar-refractivity contribution in [3.05, 3.63) is 30.3 Å². The molecule has 2 heteroatoms. The molecular weight excluding hydrogens is 236 g/mol. The van der Waals surface area contributed by atoms with Crippen molar-refractivity contribution in [3.8, 4) is 11.5 Å². The summed E-state index contributed by atoms with van der Waals surface area (Å²) >= 11 is 0. The van der Waals surface area contributed by atoms with Crippen LogP contribution in [0.25, 0.3) is 6.08 Å². The second kappa shape index (κ2) is 9.48. The predicted molar refractivity (Wildman–Crippen MR) is 82.0 cm³/mol. The highest BCUT2D eigenvalue weighted by Gasteiger charge is 2.02. The van der Waals surface area contributed by atoms with E-state index in [1.807, 2.05) is 18.2 Å². The summed E-state index contributed by atoms with van der Waals surface area (Å²) in [6, 6.07) is 5.82. The van der Waals surface area contributed by atoms with E-state index in [0.717, 1.165) is 30.1 Å². The van der Waals surface area contributed by atoms with E-state index in [1.165, 1.54) is 32.1 Å². The molecule has 1 rings (SSSR count). The number of hydrogen-bond acceptors (Lipinski definition) is 2. The molecule has 0 atom stereocenters. The number of benzene rings is 1. The van der Waals surface area contributed by atoms with Gasteiger partial charge in [-0.25, -0.2) is 0 Å². The van der Waals surface area contributed by atoms with Gasteiger partial charge in [0.1, 0.15) is 11.5 Å². The Hall–Kier alpha value is -1.44. The van der Waals surface area contributed by atoms with Crippen LogP contribution < -0.4 is 9.47 Å². The summed E-state index contributed by atoms with van der Waals surface area (Å²) in [5.74, 6) is 1.73. The van der Waals surface area contributed by atoms with Crippen LogP contribution in [0.3, 0.4) is 0 Å². The lowest BCUT2D eigenvalue weighted by molar-refractivity contribution is 0.303. The molecule has 0 aliphatic rings. The summed E-state index contributed by atoms with van der Waals surface area (Å²) in [5.41, 5.74) is 0.991. The topological polar surface area (TPSA) is 18.5 Å². The van der Waals surface area contributed by atoms with Gasteiger partial charge in [-0.1, -0.05) is 51.7 Å². The van der Waals surface area contributed by atoms with Gasteiger partial charge >= 0.3 is 0 Å². The van der Waals surface area contributed by atoms with Crippen LogP contribution in [0.2, 0.25) is 0 Å². The van der Waals surface area contributed by atoms with Gasteiger partial charge in [-0.15, -0.1) is 0 Å². The lowest BCUT2D eigenvalue weighted by Crippen LogP contribution is -1.99. The number of rotatable bonds is 10. The Morgan fingerprint density at radius 1 is 1.11 bits per heavy atom. The van der Waals surface area contributed by atoms with Crippen LogP contribution in [0.5, 0.6) is 11.5 Å². The molecule has 0 saturated heterocycles. The first-order valence-corrected chi connectivity index (χ1v) is 7.25. The number of methoxy groups -OCH3 is 1. The van der Waals surface area contributed by atoms with Crippen LogP contribution in [0, 0.1) is 0 Å². The van der Waals surface area contributed by atoms with Crippen molar-refractivity contribution in [2.45, 2.75) is 45.4 Å². The number of unbranched alkanes of at least 4 members (excludes halogenated alkanes) is 5. The van der Waals surface area contributed by atoms with Gasteiger partial charge in [0, 0.05) is 5.56 Å². The van der Waals surface area contributed by atoms with E-state index in [9.17, 15) is 0 Å². The molecule has 19 heavy (non-hydrogen) atoms. The Balaban J connectivity index is 2.30. The van der Waals surface area contributed by atoms with E-state index in [1.54, 1.807) is 13.2 Å². The third kappa shape index (κ3) is 5.82. The van der Waals surface area contributed by atoms with Gasteiger partial charge in [0.2, 0.25) is 0 Å². The van der Waals surface area contributed by atoms with Crippen molar-refractivity contribution in [2.75, 3.05) is 13.7 Å². The minimum Gasteiger partial charge on any atom is -0.497 e. The summed E-state index contributed by atoms with van der Waals surface area (Å²) in [6.45, 7) is 6.83. The maximum Gasteiger partial charge on any atom is 0.126 e. The zero-order valence-corrected chi connectivity index (χ0v) is 12.3. The maximum atomic E-state index is 5.81. The van der Waals surface area contributed by atoms with Crippen molar-refractivity contribution in [1.29, 1.82) is 0 Å². The van der Waals surface area contributed by atoms with Gasteiger partial charge < -0.3 is 9.47 Å². The van der Waals surface area contributed by atoms with Crippen LogP contribution in [0.1, 0.15) is 51.0 Å². The Labute approximate surface area is 117 Å². The SMILES string of the molecule is C=Cc1cc(OC)ccc1OCCCCCCCC. The fourth-order valence-electron chi connectivity index (χ4n) is 2.01. The molecule has 0 fully saturated rings. The van der Waals surface area contributed by atoms with E-state index in [-0.39, 0.29) is 0 Å². The van der Waals surface area contributed by atoms with Crippen LogP contribution >= 0.6 is 0 Å². The first-order valence-electron chi connectivity index (χ1n) is 7.25. The molecule has 1 aromatic carbocycles. The van der Waals surface area contributed by atoms with Gasteiger partial charge in [0.05, 0.1) is 13.7 Å². The Morgan fingerprint density at radius 2 is 1.84 bits per heavy atom. The quantitative estimate of drug-likeness (QED) is 0.548. The van der Waals surface area contributed by atoms with Gasteiger partial charge in [-0.2, -0.15) is 0 Å². The average Bonchev–Trinajstić information content (AvgIpc) is 2.46. The fourth-order valence-corrected chi connectivity index (χ4v) is 2.01. The summed E-state index contributed by atoms with van der Waals surface area (Å²) < 4.78 is 11.0. The van der Waals surface area contributed by atoms with Crippen molar-refractivity contribution in [3.63, 3.8) is 0 Å². The molecule has 0 saturated carbocycles. The zero-order valence-electron chi connectivity index (χ0n) is 12.3. The Bertz CT molecular complexity index is 372. The summed E-state index contributed by atoms with van der Waals surface area (Å²) in [7, 11) is 1.67. The monoisotopic (exact) mass is 262 g/mol. The fraction of sp³-hybridized carbons (Fsp3) is 0.529. The summed E-state index contributed by atoms with van der Waals surface area (Å²) in [4.78, 5) is 0. The standard InChI is InChI=1S/C17H26O2/c1-4-6-7-8-9-10-13-19-17-12-11-16(18-3)14-15(17)5-2/h5,11-12,14H,2,4,6-10,13H2,1,3H3. The van der Waals surface area contributed by atoms with E-state index >= 15 is 0 Å². The van der Waals surface area contributed by atoms with Gasteiger partial charge in [-0.05, 0) is 24.6 Å². The molecule has 106 valence electrons. The highest BCUT2D eigenvalue weighted by atomic mass is 16.5. The smallest absolute Gasteiger partial charge is 0.126 e. The van der Waals surface area contributed by atoms with Crippen molar-refractivity contribution < 1.29 is 9.47 Å². The second-order valence-corrected chi connectivity index (χ2v) is 4.72. The lowest BCUT2D eigenvalue weighted by atomic mass is 10.1. The molecule has 0 aliphatic carbocycles. The van der Waals surface area contributed by atoms with E-state index in [4.69, 9.17) is 9.47 Å². The molecule has 1 aromatic rings. The van der Waals surface area contributed by atoms with E-state index in [2.05, 4.69) is 13.5 Å². The molecule has 2 nitrogen and oxygen atoms in total. The molecule has 0 aliphatic heterocycles. The van der Waals surface area contributed by atoms with Crippen LogP contribution in [-0.2, 0) is 0 Å². The van der Waals surface area contributed by atoms with Crippen molar-refractivity contribution in [2.24, 2.45) is 0 Å². The second-order valence-electron chi connectivity index (χ2n) is 4.72. The number of hydrogen-bond donors (Lipinski definition) is 0. The van der Waals surface area contributed by atoms with E-state index in [0.29, 0.717) is 0 Å². The summed E-state index contributed by atoms with van der Waals surface area (Å²) in [6.07, 6.45) is 9.47. The highest BCUT2D eigenvalue weighted by molar-refractivity contribution is 5.58. The average molecular weight is 262 g/mol. The van der Waals surface area contributed by atoms with Gasteiger partial charge in [-0.3, -0.25) is 0 Å². The van der Waals surface area contributed by atoms with E-state index < -0.39 is 0 Å². The Kier molecular flexibility index (Phi) is 7.80. The minimum absolute atomic E-state index is 0.777. The van der Waals surface area contributed by atoms with Crippen LogP contribution in [-0.4, -0.2) is 13.7 Å². The van der Waals surface area contributed by atoms with Crippen LogP contribution in [0.4, 0.5) is 0 Å². The third-order valence-corrected chi connectivity index (χ3v) is 3.19. The third-order valence-electron chi connectivity index (χ3n) is 3.19. The molecular formula is C17H26O2. The number of ether oxygens (including phenoxy) is 2. The highest BCUT2D eigenvalue weighted by Crippen LogP contribution is 2.25. The van der Waals surface area contributed by atoms with Crippen molar-refractivity contribution >= 4 is 6.08 Å². The molecule has 0 heterocycles. The molecule has 0 spiro atoms. The van der Waals surface area contributed by atoms with Crippen molar-refractivity contribution in [1.82, 2.24) is 0 Å². The minimum atomic E-state index is 0.777. The maximum absolute atomic E-state index is 5.81. The van der Waals surface area contributed by atoms with Gasteiger partial charge in [0.25, 0.3) is 0 Å². The molecule has 0 bridgehead atoms. The molecule has 0 unspecified atom stereocenters. The zero-order chi connectivity index (χ0) is 13.9. The molecule has 0 aromatic heterocycles. The molecule has 0 radical (unpaired) electrons. The normalized spacial score (nSPS) is 10.2. The van der Waals surface area contributed by atoms with Crippen LogP contribution in [0.15, 0.2) is 24.8 Å². The first kappa shape index (κ1) is 15.6. The van der Waals surface area contributed by atoms with Gasteiger partial charge in [0.15, 0.2) is 0 Å². The largest absolute Gasteiger partial charge is 0.497 e. The summed E-state index contributed by atoms with van der Waals surface area (Å²) in [5, 5.41) is 0. The molecule has 0 amide bonds. The lowest BCUT2D eigenvalue weighted by Gasteiger charge is -2.10. The first-order chi connectivity index (χ1) is 9.31. The Morgan fingerprint density at radius 3 is 2.53 bits per heavy atom. The molecule has 0 N–H and O–H groups in total. The predicted octanol–water partition coefficient (Wildman–Crippen LogP) is 5.08.